The summed E-state index contributed by atoms with van der Waals surface area (Å²) in [6, 6.07) is 18.9. The summed E-state index contributed by atoms with van der Waals surface area (Å²) < 4.78 is 5.26. The van der Waals surface area contributed by atoms with Crippen molar-refractivity contribution in [2.75, 3.05) is 18.2 Å². The number of pyridine rings is 1. The molecule has 0 saturated carbocycles. The lowest BCUT2D eigenvalue weighted by atomic mass is 9.94. The minimum atomic E-state index is -0.291. The van der Waals surface area contributed by atoms with E-state index in [0.29, 0.717) is 38.8 Å². The van der Waals surface area contributed by atoms with Crippen LogP contribution in [0.3, 0.4) is 0 Å². The highest BCUT2D eigenvalue weighted by Crippen LogP contribution is 2.36. The molecule has 2 aromatic carbocycles. The molecule has 152 valence electrons. The number of thioether (sulfide) groups is 1. The number of carbonyl (C=O) groups excluding carboxylic acids is 1. The van der Waals surface area contributed by atoms with Crippen LogP contribution in [0.1, 0.15) is 35.0 Å². The summed E-state index contributed by atoms with van der Waals surface area (Å²) in [5.74, 6) is 1.26. The number of aromatic nitrogens is 1. The highest BCUT2D eigenvalue weighted by molar-refractivity contribution is 7.99. The third kappa shape index (κ3) is 4.64. The second-order valence-corrected chi connectivity index (χ2v) is 7.72. The van der Waals surface area contributed by atoms with Crippen LogP contribution in [0.4, 0.5) is 5.69 Å². The molecule has 0 fully saturated rings. The molecule has 5 nitrogen and oxygen atoms in total. The van der Waals surface area contributed by atoms with Crippen LogP contribution < -0.4 is 10.1 Å². The molecule has 0 atom stereocenters. The Morgan fingerprint density at radius 1 is 1.17 bits per heavy atom. The highest BCUT2D eigenvalue weighted by atomic mass is 32.2. The van der Waals surface area contributed by atoms with Gasteiger partial charge in [0.2, 0.25) is 0 Å². The summed E-state index contributed by atoms with van der Waals surface area (Å²) in [6.07, 6.45) is 0.963. The Hall–Kier alpha value is -3.30. The second-order valence-electron chi connectivity index (χ2n) is 6.64. The van der Waals surface area contributed by atoms with E-state index in [4.69, 9.17) is 4.74 Å². The molecular formula is C24H23N3O2S. The molecule has 0 bridgehead atoms. The lowest BCUT2D eigenvalue weighted by Gasteiger charge is -2.17. The van der Waals surface area contributed by atoms with Crippen LogP contribution >= 0.6 is 11.8 Å². The summed E-state index contributed by atoms with van der Waals surface area (Å²) >= 11 is 1.54. The number of nitrogens with one attached hydrogen (secondary N) is 1. The summed E-state index contributed by atoms with van der Waals surface area (Å²) in [6.45, 7) is 3.89. The number of nitriles is 1. The highest BCUT2D eigenvalue weighted by Gasteiger charge is 2.24. The van der Waals surface area contributed by atoms with Gasteiger partial charge in [-0.25, -0.2) is 4.98 Å². The van der Waals surface area contributed by atoms with Crippen molar-refractivity contribution < 1.29 is 9.53 Å². The van der Waals surface area contributed by atoms with Gasteiger partial charge in [-0.15, -0.1) is 11.8 Å². The first kappa shape index (κ1) is 21.4. The van der Waals surface area contributed by atoms with Crippen LogP contribution in [0.15, 0.2) is 59.6 Å². The van der Waals surface area contributed by atoms with Crippen molar-refractivity contribution in [2.45, 2.75) is 25.3 Å². The van der Waals surface area contributed by atoms with E-state index in [9.17, 15) is 10.1 Å². The van der Waals surface area contributed by atoms with Gasteiger partial charge < -0.3 is 10.1 Å². The normalized spacial score (nSPS) is 10.3. The molecule has 1 amide bonds. The van der Waals surface area contributed by atoms with Gasteiger partial charge >= 0.3 is 0 Å². The number of benzene rings is 2. The molecule has 0 aliphatic heterocycles. The van der Waals surface area contributed by atoms with Gasteiger partial charge in [-0.3, -0.25) is 4.79 Å². The molecule has 6 heteroatoms. The van der Waals surface area contributed by atoms with E-state index < -0.39 is 0 Å². The van der Waals surface area contributed by atoms with Crippen LogP contribution in [0.25, 0.3) is 11.1 Å². The number of amides is 1. The van der Waals surface area contributed by atoms with Gasteiger partial charge in [0.25, 0.3) is 5.91 Å². The van der Waals surface area contributed by atoms with Crippen molar-refractivity contribution in [3.8, 4) is 22.9 Å². The van der Waals surface area contributed by atoms with Crippen molar-refractivity contribution in [3.05, 3.63) is 71.4 Å². The largest absolute Gasteiger partial charge is 0.497 e. The number of carbonyl (C=O) groups is 1. The van der Waals surface area contributed by atoms with Gasteiger partial charge in [-0.05, 0) is 48.9 Å². The monoisotopic (exact) mass is 417 g/mol. The van der Waals surface area contributed by atoms with E-state index >= 15 is 0 Å². The average Bonchev–Trinajstić information content (AvgIpc) is 2.77. The third-order valence-corrected chi connectivity index (χ3v) is 5.72. The Balaban J connectivity index is 2.18. The van der Waals surface area contributed by atoms with Crippen LogP contribution in [-0.4, -0.2) is 23.8 Å². The van der Waals surface area contributed by atoms with Crippen molar-refractivity contribution in [1.29, 1.82) is 5.26 Å². The molecule has 0 radical (unpaired) electrons. The topological polar surface area (TPSA) is 75.0 Å². The smallest absolute Gasteiger partial charge is 0.258 e. The van der Waals surface area contributed by atoms with Crippen molar-refractivity contribution >= 4 is 23.4 Å². The molecule has 0 spiro atoms. The van der Waals surface area contributed by atoms with Crippen LogP contribution in [0.5, 0.6) is 5.75 Å². The lowest BCUT2D eigenvalue weighted by Crippen LogP contribution is -2.17. The Morgan fingerprint density at radius 3 is 2.47 bits per heavy atom. The van der Waals surface area contributed by atoms with E-state index in [1.54, 1.807) is 7.11 Å². The SMILES string of the molecule is CCCSc1nc(C)c(C(=O)Nc2ccccc2)c(-c2ccc(OC)cc2)c1C#N. The Kier molecular flexibility index (Phi) is 7.10. The number of methoxy groups -OCH3 is 1. The van der Waals surface area contributed by atoms with E-state index in [0.717, 1.165) is 17.7 Å². The number of aryl methyl sites for hydroxylation is 1. The molecule has 3 rings (SSSR count). The van der Waals surface area contributed by atoms with Gasteiger partial charge in [0.1, 0.15) is 16.8 Å². The predicted octanol–water partition coefficient (Wildman–Crippen LogP) is 5.69. The van der Waals surface area contributed by atoms with E-state index in [1.807, 2.05) is 61.5 Å². The molecule has 0 saturated heterocycles. The third-order valence-electron chi connectivity index (χ3n) is 4.54. The molecule has 30 heavy (non-hydrogen) atoms. The maximum absolute atomic E-state index is 13.3. The number of nitrogens with zero attached hydrogens (tertiary/aromatic N) is 2. The van der Waals surface area contributed by atoms with Crippen molar-refractivity contribution in [1.82, 2.24) is 4.98 Å². The molecule has 1 heterocycles. The van der Waals surface area contributed by atoms with Crippen molar-refractivity contribution in [3.63, 3.8) is 0 Å². The zero-order valence-corrected chi connectivity index (χ0v) is 18.0. The number of hydrogen-bond acceptors (Lipinski definition) is 5. The van der Waals surface area contributed by atoms with E-state index in [1.165, 1.54) is 11.8 Å². The summed E-state index contributed by atoms with van der Waals surface area (Å²) in [4.78, 5) is 17.9. The summed E-state index contributed by atoms with van der Waals surface area (Å²) in [5, 5.41) is 13.6. The predicted molar refractivity (Wildman–Crippen MR) is 121 cm³/mol. The van der Waals surface area contributed by atoms with Crippen LogP contribution in [-0.2, 0) is 0 Å². The van der Waals surface area contributed by atoms with E-state index in [2.05, 4.69) is 23.3 Å². The standard InChI is InChI=1S/C24H23N3O2S/c1-4-14-30-24-20(15-25)22(17-10-12-19(29-3)13-11-17)21(16(2)26-24)23(28)27-18-8-6-5-7-9-18/h5-13H,4,14H2,1-3H3,(H,27,28). The van der Waals surface area contributed by atoms with Crippen LogP contribution in [0.2, 0.25) is 0 Å². The first-order chi connectivity index (χ1) is 14.6. The Labute approximate surface area is 181 Å². The second kappa shape index (κ2) is 9.95. The minimum absolute atomic E-state index is 0.291. The fourth-order valence-corrected chi connectivity index (χ4v) is 4.01. The van der Waals surface area contributed by atoms with Gasteiger partial charge in [-0.2, -0.15) is 5.26 Å². The molecule has 1 N–H and O–H groups in total. The molecule has 0 unspecified atom stereocenters. The zero-order chi connectivity index (χ0) is 21.5. The molecule has 0 aliphatic carbocycles. The number of hydrogen-bond donors (Lipinski definition) is 1. The fourth-order valence-electron chi connectivity index (χ4n) is 3.12. The minimum Gasteiger partial charge on any atom is -0.497 e. The quantitative estimate of drug-likeness (QED) is 0.500. The van der Waals surface area contributed by atoms with Gasteiger partial charge in [0.05, 0.1) is 23.9 Å². The fraction of sp³-hybridized carbons (Fsp3) is 0.208. The van der Waals surface area contributed by atoms with Crippen LogP contribution in [0, 0.1) is 18.3 Å². The first-order valence-electron chi connectivity index (χ1n) is 9.67. The summed E-state index contributed by atoms with van der Waals surface area (Å²) in [5.41, 5.74) is 3.47. The van der Waals surface area contributed by atoms with Gasteiger partial charge in [-0.1, -0.05) is 37.3 Å². The zero-order valence-electron chi connectivity index (χ0n) is 17.2. The number of rotatable bonds is 7. The first-order valence-corrected chi connectivity index (χ1v) is 10.7. The Bertz CT molecular complexity index is 1070. The Morgan fingerprint density at radius 2 is 1.87 bits per heavy atom. The molecule has 1 aromatic heterocycles. The maximum atomic E-state index is 13.3. The molecule has 3 aromatic rings. The summed E-state index contributed by atoms with van der Waals surface area (Å²) in [7, 11) is 1.60. The van der Waals surface area contributed by atoms with Gasteiger partial charge in [0.15, 0.2) is 0 Å². The van der Waals surface area contributed by atoms with E-state index in [-0.39, 0.29) is 5.91 Å². The number of ether oxygens (including phenoxy) is 1. The van der Waals surface area contributed by atoms with Gasteiger partial charge in [0, 0.05) is 11.3 Å². The molecule has 0 aliphatic rings. The maximum Gasteiger partial charge on any atom is 0.258 e. The molecular weight excluding hydrogens is 394 g/mol. The van der Waals surface area contributed by atoms with Crippen molar-refractivity contribution in [2.24, 2.45) is 0 Å². The number of para-hydroxylation sites is 1. The average molecular weight is 418 g/mol. The lowest BCUT2D eigenvalue weighted by molar-refractivity contribution is 0.102. The number of anilines is 1.